The van der Waals surface area contributed by atoms with E-state index in [9.17, 15) is 18.3 Å². The molecule has 0 amide bonds. The van der Waals surface area contributed by atoms with Gasteiger partial charge in [-0.25, -0.2) is 0 Å². The van der Waals surface area contributed by atoms with E-state index in [0.717, 1.165) is 72.3 Å². The molecule has 0 saturated heterocycles. The van der Waals surface area contributed by atoms with Crippen molar-refractivity contribution in [2.24, 2.45) is 5.41 Å². The number of hydrogen-bond donors (Lipinski definition) is 1. The summed E-state index contributed by atoms with van der Waals surface area (Å²) in [6.45, 7) is 8.53. The van der Waals surface area contributed by atoms with Gasteiger partial charge in [-0.05, 0) is 60.3 Å². The van der Waals surface area contributed by atoms with Crippen molar-refractivity contribution in [2.75, 3.05) is 0 Å². The standard InChI is InChI=1S/C27H32F3NO2/c1-15(2)23-21-22(20-18(31-23)13-25(3,4)14-19(20)32)26(11-5-6-12-26)33-24(21)16-7-9-17(10-8-16)27(28,29)30/h7-10,15,19,24,32H,5-6,11-14H2,1-4H3/t19?,24-/m1/s1. The fourth-order valence-corrected chi connectivity index (χ4v) is 6.26. The molecule has 1 aromatic carbocycles. The minimum absolute atomic E-state index is 0.0446. The molecule has 1 spiro atoms. The molecule has 1 unspecified atom stereocenters. The van der Waals surface area contributed by atoms with Crippen LogP contribution in [0.2, 0.25) is 0 Å². The molecule has 1 N–H and O–H groups in total. The average Bonchev–Trinajstić information content (AvgIpc) is 3.31. The second-order valence-corrected chi connectivity index (χ2v) is 11.2. The monoisotopic (exact) mass is 459 g/mol. The number of alkyl halides is 3. The normalized spacial score (nSPS) is 25.5. The van der Waals surface area contributed by atoms with Gasteiger partial charge < -0.3 is 9.84 Å². The van der Waals surface area contributed by atoms with Crippen molar-refractivity contribution in [2.45, 2.75) is 96.1 Å². The predicted octanol–water partition coefficient (Wildman–Crippen LogP) is 7.12. The number of aliphatic hydroxyl groups is 1. The van der Waals surface area contributed by atoms with Crippen LogP contribution in [0, 0.1) is 5.41 Å². The quantitative estimate of drug-likeness (QED) is 0.520. The number of benzene rings is 1. The van der Waals surface area contributed by atoms with Gasteiger partial charge in [-0.2, -0.15) is 13.2 Å². The Morgan fingerprint density at radius 3 is 2.27 bits per heavy atom. The second kappa shape index (κ2) is 7.54. The molecule has 0 bridgehead atoms. The summed E-state index contributed by atoms with van der Waals surface area (Å²) in [5.74, 6) is 0.128. The fourth-order valence-electron chi connectivity index (χ4n) is 6.26. The highest BCUT2D eigenvalue weighted by Crippen LogP contribution is 2.59. The van der Waals surface area contributed by atoms with Crippen LogP contribution in [0.3, 0.4) is 0 Å². The number of ether oxygens (including phenoxy) is 1. The van der Waals surface area contributed by atoms with Gasteiger partial charge in [0, 0.05) is 22.5 Å². The van der Waals surface area contributed by atoms with E-state index in [1.165, 1.54) is 12.1 Å². The lowest BCUT2D eigenvalue weighted by atomic mass is 9.70. The van der Waals surface area contributed by atoms with Crippen LogP contribution in [-0.4, -0.2) is 10.1 Å². The van der Waals surface area contributed by atoms with E-state index in [1.54, 1.807) is 0 Å². The maximum absolute atomic E-state index is 13.2. The Morgan fingerprint density at radius 1 is 1.06 bits per heavy atom. The van der Waals surface area contributed by atoms with Gasteiger partial charge in [0.2, 0.25) is 0 Å². The molecule has 2 aromatic rings. The first-order chi connectivity index (χ1) is 15.4. The van der Waals surface area contributed by atoms with Gasteiger partial charge in [-0.15, -0.1) is 0 Å². The Labute approximate surface area is 193 Å². The third-order valence-corrected chi connectivity index (χ3v) is 7.67. The molecule has 6 heteroatoms. The highest BCUT2D eigenvalue weighted by atomic mass is 19.4. The molecule has 3 aliphatic rings. The predicted molar refractivity (Wildman–Crippen MR) is 120 cm³/mol. The lowest BCUT2D eigenvalue weighted by Gasteiger charge is -2.38. The zero-order valence-electron chi connectivity index (χ0n) is 19.7. The van der Waals surface area contributed by atoms with Crippen molar-refractivity contribution in [1.82, 2.24) is 4.98 Å². The molecule has 33 heavy (non-hydrogen) atoms. The number of fused-ring (bicyclic) bond motifs is 4. The number of nitrogens with zero attached hydrogens (tertiary/aromatic N) is 1. The molecule has 2 heterocycles. The maximum atomic E-state index is 13.2. The molecular formula is C27H32F3NO2. The summed E-state index contributed by atoms with van der Waals surface area (Å²) in [5, 5.41) is 11.3. The van der Waals surface area contributed by atoms with Crippen molar-refractivity contribution >= 4 is 0 Å². The molecule has 3 nitrogen and oxygen atoms in total. The number of pyridine rings is 1. The SMILES string of the molecule is CC(C)c1nc2c(c3c1[C@@H](c1ccc(C(F)(F)F)cc1)OC31CCCC1)C(O)CC(C)(C)C2. The van der Waals surface area contributed by atoms with Crippen molar-refractivity contribution in [1.29, 1.82) is 0 Å². The van der Waals surface area contributed by atoms with E-state index in [2.05, 4.69) is 27.7 Å². The Kier molecular flexibility index (Phi) is 5.22. The number of hydrogen-bond acceptors (Lipinski definition) is 3. The molecule has 0 radical (unpaired) electrons. The van der Waals surface area contributed by atoms with Crippen LogP contribution < -0.4 is 0 Å². The molecule has 1 saturated carbocycles. The van der Waals surface area contributed by atoms with Crippen LogP contribution in [0.4, 0.5) is 13.2 Å². The van der Waals surface area contributed by atoms with E-state index < -0.39 is 29.5 Å². The fraction of sp³-hybridized carbons (Fsp3) is 0.593. The first-order valence-electron chi connectivity index (χ1n) is 12.0. The van der Waals surface area contributed by atoms with Gasteiger partial charge in [0.25, 0.3) is 0 Å². The van der Waals surface area contributed by atoms with Crippen LogP contribution in [0.5, 0.6) is 0 Å². The highest BCUT2D eigenvalue weighted by molar-refractivity contribution is 5.54. The van der Waals surface area contributed by atoms with Crippen LogP contribution in [0.25, 0.3) is 0 Å². The van der Waals surface area contributed by atoms with Gasteiger partial charge in [0.1, 0.15) is 6.10 Å². The minimum atomic E-state index is -4.37. The molecule has 2 aliphatic carbocycles. The van der Waals surface area contributed by atoms with E-state index in [4.69, 9.17) is 9.72 Å². The van der Waals surface area contributed by atoms with Crippen LogP contribution in [0.1, 0.15) is 117 Å². The van der Waals surface area contributed by atoms with E-state index in [1.807, 2.05) is 0 Å². The van der Waals surface area contributed by atoms with Gasteiger partial charge in [-0.3, -0.25) is 4.98 Å². The lowest BCUT2D eigenvalue weighted by molar-refractivity contribution is -0.137. The summed E-state index contributed by atoms with van der Waals surface area (Å²) in [4.78, 5) is 5.10. The summed E-state index contributed by atoms with van der Waals surface area (Å²) in [5.41, 5.74) is 4.40. The topological polar surface area (TPSA) is 42.4 Å². The minimum Gasteiger partial charge on any atom is -0.388 e. The van der Waals surface area contributed by atoms with E-state index in [0.29, 0.717) is 12.0 Å². The third-order valence-electron chi connectivity index (χ3n) is 7.67. The van der Waals surface area contributed by atoms with Gasteiger partial charge in [0.05, 0.1) is 17.3 Å². The molecular weight excluding hydrogens is 427 g/mol. The van der Waals surface area contributed by atoms with Crippen molar-refractivity contribution in [3.8, 4) is 0 Å². The van der Waals surface area contributed by atoms with Crippen molar-refractivity contribution in [3.05, 3.63) is 63.5 Å². The molecule has 5 rings (SSSR count). The first-order valence-corrected chi connectivity index (χ1v) is 12.0. The molecule has 1 fully saturated rings. The Morgan fingerprint density at radius 2 is 1.70 bits per heavy atom. The highest BCUT2D eigenvalue weighted by Gasteiger charge is 2.52. The number of halogens is 3. The van der Waals surface area contributed by atoms with Crippen LogP contribution in [0.15, 0.2) is 24.3 Å². The van der Waals surface area contributed by atoms with Crippen molar-refractivity contribution < 1.29 is 23.0 Å². The summed E-state index contributed by atoms with van der Waals surface area (Å²) in [6.07, 6.45) is -0.202. The third kappa shape index (κ3) is 3.70. The van der Waals surface area contributed by atoms with Gasteiger partial charge in [0.15, 0.2) is 0 Å². The smallest absolute Gasteiger partial charge is 0.388 e. The first kappa shape index (κ1) is 22.9. The number of rotatable bonds is 2. The van der Waals surface area contributed by atoms with Crippen LogP contribution in [-0.2, 0) is 22.9 Å². The Hall–Kier alpha value is -1.92. The van der Waals surface area contributed by atoms with Gasteiger partial charge in [-0.1, -0.05) is 52.7 Å². The van der Waals surface area contributed by atoms with Gasteiger partial charge >= 0.3 is 6.18 Å². The largest absolute Gasteiger partial charge is 0.416 e. The number of aromatic nitrogens is 1. The zero-order chi connectivity index (χ0) is 23.8. The van der Waals surface area contributed by atoms with E-state index >= 15 is 0 Å². The van der Waals surface area contributed by atoms with Crippen molar-refractivity contribution in [3.63, 3.8) is 0 Å². The molecule has 178 valence electrons. The summed E-state index contributed by atoms with van der Waals surface area (Å²) >= 11 is 0. The molecule has 1 aliphatic heterocycles. The Balaban J connectivity index is 1.73. The molecule has 2 atom stereocenters. The van der Waals surface area contributed by atoms with E-state index in [-0.39, 0.29) is 11.3 Å². The Bertz CT molecular complexity index is 1070. The second-order valence-electron chi connectivity index (χ2n) is 11.2. The average molecular weight is 460 g/mol. The lowest BCUT2D eigenvalue weighted by Crippen LogP contribution is -2.32. The maximum Gasteiger partial charge on any atom is 0.416 e. The summed E-state index contributed by atoms with van der Waals surface area (Å²) < 4.78 is 46.3. The zero-order valence-corrected chi connectivity index (χ0v) is 19.7. The summed E-state index contributed by atoms with van der Waals surface area (Å²) in [6, 6.07) is 5.34. The molecule has 1 aromatic heterocycles. The summed E-state index contributed by atoms with van der Waals surface area (Å²) in [7, 11) is 0. The van der Waals surface area contributed by atoms with Crippen LogP contribution >= 0.6 is 0 Å². The number of aliphatic hydroxyl groups excluding tert-OH is 1.